The Hall–Kier alpha value is -1.27. The molecule has 0 spiro atoms. The van der Waals surface area contributed by atoms with Crippen molar-refractivity contribution in [1.82, 2.24) is 9.97 Å². The van der Waals surface area contributed by atoms with E-state index in [4.69, 9.17) is 23.2 Å². The van der Waals surface area contributed by atoms with Crippen LogP contribution in [0.5, 0.6) is 0 Å². The monoisotopic (exact) mass is 217 g/mol. The minimum atomic E-state index is -0.668. The number of nitrogens with zero attached hydrogens (tertiary/aromatic N) is 4. The number of aromatic amines is 1. The number of amides is 2. The number of nitrogens with one attached hydrogen (secondary N) is 1. The zero-order valence-electron chi connectivity index (χ0n) is 5.95. The summed E-state index contributed by atoms with van der Waals surface area (Å²) in [7, 11) is 0. The molecule has 2 rings (SSSR count). The number of halogens is 2. The number of aliphatic imine (C=N–C) groups is 1. The predicted octanol–water partition coefficient (Wildman–Crippen LogP) is 2.05. The van der Waals surface area contributed by atoms with E-state index < -0.39 is 6.03 Å². The minimum Gasteiger partial charge on any atom is -0.325 e. The average Bonchev–Trinajstić information content (AvgIpc) is 2.61. The van der Waals surface area contributed by atoms with Crippen molar-refractivity contribution in [3.8, 4) is 0 Å². The van der Waals surface area contributed by atoms with Gasteiger partial charge in [0.05, 0.1) is 0 Å². The quantitative estimate of drug-likeness (QED) is 0.782. The van der Waals surface area contributed by atoms with E-state index in [1.54, 1.807) is 0 Å². The van der Waals surface area contributed by atoms with Crippen molar-refractivity contribution in [2.24, 2.45) is 15.2 Å². The van der Waals surface area contributed by atoms with Gasteiger partial charge >= 0.3 is 6.03 Å². The first-order chi connectivity index (χ1) is 6.16. The molecule has 0 atom stereocenters. The molecule has 1 aliphatic heterocycles. The number of azo groups is 1. The fourth-order valence-corrected chi connectivity index (χ4v) is 1.03. The summed E-state index contributed by atoms with van der Waals surface area (Å²) in [6.45, 7) is 0. The Balaban J connectivity index is 2.42. The third-order valence-corrected chi connectivity index (χ3v) is 1.91. The highest BCUT2D eigenvalue weighted by molar-refractivity contribution is 6.40. The van der Waals surface area contributed by atoms with Crippen LogP contribution in [0.25, 0.3) is 0 Å². The molecule has 0 saturated heterocycles. The highest BCUT2D eigenvalue weighted by Gasteiger charge is 2.17. The summed E-state index contributed by atoms with van der Waals surface area (Å²) in [6.07, 6.45) is 0. The number of rotatable bonds is 1. The van der Waals surface area contributed by atoms with Gasteiger partial charge in [0.2, 0.25) is 5.84 Å². The minimum absolute atomic E-state index is 0.0822. The summed E-state index contributed by atoms with van der Waals surface area (Å²) >= 11 is 11.1. The molecule has 0 radical (unpaired) electrons. The van der Waals surface area contributed by atoms with E-state index in [9.17, 15) is 4.79 Å². The number of urea groups is 1. The zero-order valence-corrected chi connectivity index (χ0v) is 7.46. The van der Waals surface area contributed by atoms with Gasteiger partial charge in [-0.1, -0.05) is 28.3 Å². The third kappa shape index (κ3) is 1.45. The van der Waals surface area contributed by atoms with Gasteiger partial charge in [0, 0.05) is 0 Å². The van der Waals surface area contributed by atoms with Crippen molar-refractivity contribution in [2.45, 2.75) is 0 Å². The lowest BCUT2D eigenvalue weighted by atomic mass is 10.6. The molecule has 13 heavy (non-hydrogen) atoms. The maximum absolute atomic E-state index is 10.6. The van der Waals surface area contributed by atoms with Crippen LogP contribution in [0.1, 0.15) is 5.82 Å². The topological polar surface area (TPSA) is 82.8 Å². The maximum Gasteiger partial charge on any atom is 0.387 e. The van der Waals surface area contributed by atoms with Crippen molar-refractivity contribution in [3.63, 3.8) is 0 Å². The molecular weight excluding hydrogens is 217 g/mol. The van der Waals surface area contributed by atoms with Gasteiger partial charge in [0.25, 0.3) is 0 Å². The molecule has 1 aliphatic rings. The Bertz CT molecular complexity index is 415. The van der Waals surface area contributed by atoms with Gasteiger partial charge in [-0.05, 0) is 0 Å². The average molecular weight is 218 g/mol. The van der Waals surface area contributed by atoms with Crippen LogP contribution in [0, 0.1) is 0 Å². The zero-order chi connectivity index (χ0) is 9.42. The summed E-state index contributed by atoms with van der Waals surface area (Å²) in [5, 5.41) is 6.91. The third-order valence-electron chi connectivity index (χ3n) is 1.26. The molecule has 0 aromatic carbocycles. The predicted molar refractivity (Wildman–Crippen MR) is 45.4 cm³/mol. The van der Waals surface area contributed by atoms with Crippen LogP contribution in [0.3, 0.4) is 0 Å². The Morgan fingerprint density at radius 2 is 2.00 bits per heavy atom. The lowest BCUT2D eigenvalue weighted by Gasteiger charge is -1.84. The van der Waals surface area contributed by atoms with E-state index in [1.165, 1.54) is 0 Å². The number of hydrogen-bond donors (Lipinski definition) is 1. The van der Waals surface area contributed by atoms with Gasteiger partial charge in [-0.15, -0.1) is 5.11 Å². The summed E-state index contributed by atoms with van der Waals surface area (Å²) in [5.41, 5.74) is 0. The van der Waals surface area contributed by atoms with Crippen molar-refractivity contribution in [2.75, 3.05) is 0 Å². The number of H-pyrrole nitrogens is 1. The summed E-state index contributed by atoms with van der Waals surface area (Å²) < 4.78 is 0. The second kappa shape index (κ2) is 2.90. The lowest BCUT2D eigenvalue weighted by Crippen LogP contribution is -1.96. The fourth-order valence-electron chi connectivity index (χ4n) is 0.762. The lowest BCUT2D eigenvalue weighted by molar-refractivity contribution is 0.257. The maximum atomic E-state index is 10.6. The van der Waals surface area contributed by atoms with Crippen LogP contribution in [0.4, 0.5) is 4.79 Å². The molecule has 0 fully saturated rings. The number of imidazole rings is 1. The number of amidine groups is 1. The molecule has 1 N–H and O–H groups in total. The number of hydrogen-bond acceptors (Lipinski definition) is 3. The highest BCUT2D eigenvalue weighted by Crippen LogP contribution is 2.19. The molecule has 2 amide bonds. The van der Waals surface area contributed by atoms with E-state index in [0.717, 1.165) is 0 Å². The van der Waals surface area contributed by atoms with Crippen LogP contribution in [0.15, 0.2) is 15.2 Å². The Morgan fingerprint density at radius 1 is 1.23 bits per heavy atom. The molecule has 0 aliphatic carbocycles. The Morgan fingerprint density at radius 3 is 2.46 bits per heavy atom. The van der Waals surface area contributed by atoms with Gasteiger partial charge in [0.15, 0.2) is 11.0 Å². The molecule has 1 aromatic rings. The first kappa shape index (κ1) is 8.33. The van der Waals surface area contributed by atoms with Gasteiger partial charge in [0.1, 0.15) is 5.15 Å². The van der Waals surface area contributed by atoms with Crippen LogP contribution in [0.2, 0.25) is 10.3 Å². The van der Waals surface area contributed by atoms with Crippen molar-refractivity contribution < 1.29 is 4.79 Å². The SMILES string of the molecule is O=C1N=NC(c2nc(Cl)c(Cl)[nH]2)=N1. The van der Waals surface area contributed by atoms with E-state index in [2.05, 4.69) is 25.2 Å². The van der Waals surface area contributed by atoms with Gasteiger partial charge in [-0.25, -0.2) is 9.78 Å². The van der Waals surface area contributed by atoms with Gasteiger partial charge in [-0.2, -0.15) is 4.99 Å². The van der Waals surface area contributed by atoms with E-state index in [-0.39, 0.29) is 22.0 Å². The number of aromatic nitrogens is 2. The Kier molecular flexibility index (Phi) is 1.86. The smallest absolute Gasteiger partial charge is 0.325 e. The van der Waals surface area contributed by atoms with E-state index in [1.807, 2.05) is 0 Å². The summed E-state index contributed by atoms with van der Waals surface area (Å²) in [4.78, 5) is 20.4. The molecule has 66 valence electrons. The molecule has 6 nitrogen and oxygen atoms in total. The second-order valence-electron chi connectivity index (χ2n) is 2.11. The number of carbonyl (C=O) groups is 1. The first-order valence-corrected chi connectivity index (χ1v) is 3.88. The standard InChI is InChI=1S/C5HCl2N5O/c6-1-2(7)9-3(8-1)4-10-5(13)12-11-4/h(H,8,9). The fraction of sp³-hybridized carbons (Fsp3) is 0. The molecular formula is C5HCl2N5O. The van der Waals surface area contributed by atoms with Crippen LogP contribution < -0.4 is 0 Å². The highest BCUT2D eigenvalue weighted by atomic mass is 35.5. The van der Waals surface area contributed by atoms with E-state index >= 15 is 0 Å². The van der Waals surface area contributed by atoms with Gasteiger partial charge in [-0.3, -0.25) is 0 Å². The molecule has 0 saturated carbocycles. The molecule has 1 aromatic heterocycles. The second-order valence-corrected chi connectivity index (χ2v) is 2.84. The summed E-state index contributed by atoms with van der Waals surface area (Å²) in [5.74, 6) is 0.309. The first-order valence-electron chi connectivity index (χ1n) is 3.12. The van der Waals surface area contributed by atoms with Crippen LogP contribution in [-0.4, -0.2) is 21.8 Å². The molecule has 2 heterocycles. The van der Waals surface area contributed by atoms with Crippen molar-refractivity contribution in [1.29, 1.82) is 0 Å². The van der Waals surface area contributed by atoms with E-state index in [0.29, 0.717) is 0 Å². The molecule has 8 heteroatoms. The largest absolute Gasteiger partial charge is 0.387 e. The van der Waals surface area contributed by atoms with Crippen molar-refractivity contribution >= 4 is 35.1 Å². The van der Waals surface area contributed by atoms with Gasteiger partial charge < -0.3 is 4.98 Å². The van der Waals surface area contributed by atoms with Crippen LogP contribution >= 0.6 is 23.2 Å². The Labute approximate surface area is 81.7 Å². The van der Waals surface area contributed by atoms with Crippen molar-refractivity contribution in [3.05, 3.63) is 16.1 Å². The van der Waals surface area contributed by atoms with Crippen LogP contribution in [-0.2, 0) is 0 Å². The summed E-state index contributed by atoms with van der Waals surface area (Å²) in [6, 6.07) is -0.668. The normalized spacial score (nSPS) is 15.2. The molecule has 0 unspecified atom stereocenters. The number of carbonyl (C=O) groups excluding carboxylic acids is 1. The molecule has 0 bridgehead atoms.